The molecular formula is C24H29N3O3S. The smallest absolute Gasteiger partial charge is 0.262 e. The minimum Gasteiger partial charge on any atom is -0.497 e. The van der Waals surface area contributed by atoms with Gasteiger partial charge in [-0.15, -0.1) is 0 Å². The van der Waals surface area contributed by atoms with Crippen molar-refractivity contribution in [2.45, 2.75) is 51.5 Å². The van der Waals surface area contributed by atoms with E-state index in [4.69, 9.17) is 9.72 Å². The van der Waals surface area contributed by atoms with Crippen LogP contribution in [0.2, 0.25) is 0 Å². The van der Waals surface area contributed by atoms with Gasteiger partial charge in [-0.1, -0.05) is 36.0 Å². The first kappa shape index (κ1) is 22.9. The average Bonchev–Trinajstić information content (AvgIpc) is 2.74. The Morgan fingerprint density at radius 1 is 1.06 bits per heavy atom. The monoisotopic (exact) mass is 439 g/mol. The topological polar surface area (TPSA) is 64.4 Å². The minimum atomic E-state index is -0.110. The highest BCUT2D eigenvalue weighted by atomic mass is 32.2. The predicted molar refractivity (Wildman–Crippen MR) is 126 cm³/mol. The molecule has 164 valence electrons. The molecule has 0 saturated heterocycles. The Morgan fingerprint density at radius 3 is 2.32 bits per heavy atom. The quantitative estimate of drug-likeness (QED) is 0.389. The van der Waals surface area contributed by atoms with Gasteiger partial charge in [0.1, 0.15) is 5.75 Å². The SMILES string of the molecule is COc1ccc(Cn2c(SCC(=O)N(C(C)C)C(C)C)nc3ccccc3c2=O)cc1. The van der Waals surface area contributed by atoms with Crippen molar-refractivity contribution in [3.8, 4) is 5.75 Å². The molecule has 0 atom stereocenters. The van der Waals surface area contributed by atoms with Crippen LogP contribution in [0.1, 0.15) is 33.3 Å². The van der Waals surface area contributed by atoms with Crippen LogP contribution in [-0.2, 0) is 11.3 Å². The molecule has 0 unspecified atom stereocenters. The number of ether oxygens (including phenoxy) is 1. The van der Waals surface area contributed by atoms with Crippen LogP contribution in [0, 0.1) is 0 Å². The molecule has 0 N–H and O–H groups in total. The second kappa shape index (κ2) is 10.0. The lowest BCUT2D eigenvalue weighted by molar-refractivity contribution is -0.131. The van der Waals surface area contributed by atoms with E-state index in [0.717, 1.165) is 11.3 Å². The van der Waals surface area contributed by atoms with Crippen molar-refractivity contribution in [1.29, 1.82) is 0 Å². The van der Waals surface area contributed by atoms with Crippen LogP contribution in [0.4, 0.5) is 0 Å². The molecule has 1 amide bonds. The lowest BCUT2D eigenvalue weighted by Crippen LogP contribution is -2.43. The van der Waals surface area contributed by atoms with E-state index in [1.54, 1.807) is 17.7 Å². The minimum absolute atomic E-state index is 0.0356. The number of fused-ring (bicyclic) bond motifs is 1. The molecule has 3 rings (SSSR count). The third-order valence-corrected chi connectivity index (χ3v) is 6.01. The summed E-state index contributed by atoms with van der Waals surface area (Å²) in [5, 5.41) is 1.11. The second-order valence-electron chi connectivity index (χ2n) is 7.93. The van der Waals surface area contributed by atoms with E-state index in [-0.39, 0.29) is 29.3 Å². The number of aromatic nitrogens is 2. The number of hydrogen-bond donors (Lipinski definition) is 0. The summed E-state index contributed by atoms with van der Waals surface area (Å²) < 4.78 is 6.87. The summed E-state index contributed by atoms with van der Waals surface area (Å²) in [6.45, 7) is 8.41. The first-order valence-corrected chi connectivity index (χ1v) is 11.4. The third-order valence-electron chi connectivity index (χ3n) is 5.05. The van der Waals surface area contributed by atoms with Crippen molar-refractivity contribution in [3.05, 3.63) is 64.4 Å². The maximum atomic E-state index is 13.3. The number of rotatable bonds is 8. The number of nitrogens with zero attached hydrogens (tertiary/aromatic N) is 3. The third kappa shape index (κ3) is 5.28. The fraction of sp³-hybridized carbons (Fsp3) is 0.375. The Kier molecular flexibility index (Phi) is 7.38. The lowest BCUT2D eigenvalue weighted by Gasteiger charge is -2.30. The van der Waals surface area contributed by atoms with Gasteiger partial charge in [-0.3, -0.25) is 14.2 Å². The zero-order chi connectivity index (χ0) is 22.5. The standard InChI is InChI=1S/C24H29N3O3S/c1-16(2)27(17(3)4)22(28)15-31-24-25-21-9-7-6-8-20(21)23(29)26(24)14-18-10-12-19(30-5)13-11-18/h6-13,16-17H,14-15H2,1-5H3. The lowest BCUT2D eigenvalue weighted by atomic mass is 10.2. The fourth-order valence-corrected chi connectivity index (χ4v) is 4.55. The fourth-order valence-electron chi connectivity index (χ4n) is 3.68. The van der Waals surface area contributed by atoms with Crippen LogP contribution in [-0.4, -0.2) is 45.3 Å². The Hall–Kier alpha value is -2.80. The molecule has 6 nitrogen and oxygen atoms in total. The summed E-state index contributed by atoms with van der Waals surface area (Å²) >= 11 is 1.31. The number of carbonyl (C=O) groups is 1. The summed E-state index contributed by atoms with van der Waals surface area (Å²) in [5.41, 5.74) is 1.48. The van der Waals surface area contributed by atoms with Crippen LogP contribution in [0.3, 0.4) is 0 Å². The summed E-state index contributed by atoms with van der Waals surface area (Å²) in [6.07, 6.45) is 0. The highest BCUT2D eigenvalue weighted by molar-refractivity contribution is 7.99. The summed E-state index contributed by atoms with van der Waals surface area (Å²) in [7, 11) is 1.62. The molecule has 1 aromatic heterocycles. The number of amides is 1. The molecule has 0 aliphatic rings. The first-order chi connectivity index (χ1) is 14.8. The van der Waals surface area contributed by atoms with Crippen molar-refractivity contribution < 1.29 is 9.53 Å². The van der Waals surface area contributed by atoms with E-state index >= 15 is 0 Å². The Balaban J connectivity index is 1.95. The average molecular weight is 440 g/mol. The normalized spacial score (nSPS) is 11.3. The van der Waals surface area contributed by atoms with Gasteiger partial charge in [0.15, 0.2) is 5.16 Å². The van der Waals surface area contributed by atoms with Gasteiger partial charge in [0.2, 0.25) is 5.91 Å². The summed E-state index contributed by atoms with van der Waals surface area (Å²) in [5.74, 6) is 1.02. The Bertz CT molecular complexity index is 1100. The van der Waals surface area contributed by atoms with E-state index in [9.17, 15) is 9.59 Å². The van der Waals surface area contributed by atoms with E-state index in [0.29, 0.717) is 22.6 Å². The van der Waals surface area contributed by atoms with Gasteiger partial charge in [-0.05, 0) is 57.5 Å². The molecule has 0 saturated carbocycles. The molecule has 0 aliphatic carbocycles. The Morgan fingerprint density at radius 2 is 1.71 bits per heavy atom. The highest BCUT2D eigenvalue weighted by Gasteiger charge is 2.21. The number of thioether (sulfide) groups is 1. The summed E-state index contributed by atoms with van der Waals surface area (Å²) in [6, 6.07) is 15.1. The number of para-hydroxylation sites is 1. The van der Waals surface area contributed by atoms with Crippen molar-refractivity contribution in [3.63, 3.8) is 0 Å². The van der Waals surface area contributed by atoms with E-state index in [1.165, 1.54) is 11.8 Å². The van der Waals surface area contributed by atoms with Gasteiger partial charge in [-0.2, -0.15) is 0 Å². The zero-order valence-corrected chi connectivity index (χ0v) is 19.5. The molecule has 1 heterocycles. The maximum Gasteiger partial charge on any atom is 0.262 e. The van der Waals surface area contributed by atoms with Gasteiger partial charge in [0.05, 0.1) is 30.3 Å². The predicted octanol–water partition coefficient (Wildman–Crippen LogP) is 4.19. The molecule has 0 fully saturated rings. The van der Waals surface area contributed by atoms with Crippen LogP contribution >= 0.6 is 11.8 Å². The number of hydrogen-bond acceptors (Lipinski definition) is 5. The summed E-state index contributed by atoms with van der Waals surface area (Å²) in [4.78, 5) is 32.7. The van der Waals surface area contributed by atoms with E-state index in [1.807, 2.05) is 75.1 Å². The van der Waals surface area contributed by atoms with Crippen LogP contribution < -0.4 is 10.3 Å². The van der Waals surface area contributed by atoms with Gasteiger partial charge < -0.3 is 9.64 Å². The molecule has 0 spiro atoms. The number of carbonyl (C=O) groups excluding carboxylic acids is 1. The molecule has 0 aliphatic heterocycles. The molecule has 2 aromatic carbocycles. The Labute approximate surface area is 187 Å². The van der Waals surface area contributed by atoms with Crippen LogP contribution in [0.15, 0.2) is 58.5 Å². The van der Waals surface area contributed by atoms with E-state index in [2.05, 4.69) is 0 Å². The number of benzene rings is 2. The molecule has 7 heteroatoms. The molecule has 3 aromatic rings. The van der Waals surface area contributed by atoms with Crippen LogP contribution in [0.25, 0.3) is 10.9 Å². The van der Waals surface area contributed by atoms with E-state index < -0.39 is 0 Å². The van der Waals surface area contributed by atoms with Gasteiger partial charge in [0, 0.05) is 12.1 Å². The van der Waals surface area contributed by atoms with Gasteiger partial charge in [-0.25, -0.2) is 4.98 Å². The van der Waals surface area contributed by atoms with Crippen molar-refractivity contribution >= 4 is 28.6 Å². The molecule has 0 radical (unpaired) electrons. The second-order valence-corrected chi connectivity index (χ2v) is 8.87. The van der Waals surface area contributed by atoms with Gasteiger partial charge >= 0.3 is 0 Å². The maximum absolute atomic E-state index is 13.3. The molecule has 0 bridgehead atoms. The van der Waals surface area contributed by atoms with Crippen molar-refractivity contribution in [2.24, 2.45) is 0 Å². The van der Waals surface area contributed by atoms with Gasteiger partial charge in [0.25, 0.3) is 5.56 Å². The molecular weight excluding hydrogens is 410 g/mol. The first-order valence-electron chi connectivity index (χ1n) is 10.4. The van der Waals surface area contributed by atoms with Crippen molar-refractivity contribution in [1.82, 2.24) is 14.5 Å². The highest BCUT2D eigenvalue weighted by Crippen LogP contribution is 2.21. The zero-order valence-electron chi connectivity index (χ0n) is 18.7. The van der Waals surface area contributed by atoms with Crippen LogP contribution in [0.5, 0.6) is 5.75 Å². The van der Waals surface area contributed by atoms with Crippen molar-refractivity contribution in [2.75, 3.05) is 12.9 Å². The molecule has 31 heavy (non-hydrogen) atoms. The number of methoxy groups -OCH3 is 1. The largest absolute Gasteiger partial charge is 0.497 e.